The molecule has 0 bridgehead atoms. The Labute approximate surface area is 129 Å². The molecule has 1 aromatic rings. The maximum atomic E-state index is 12.2. The summed E-state index contributed by atoms with van der Waals surface area (Å²) in [4.78, 5) is 23.3. The van der Waals surface area contributed by atoms with Gasteiger partial charge in [0.2, 0.25) is 0 Å². The van der Waals surface area contributed by atoms with Crippen LogP contribution in [0.15, 0.2) is 10.5 Å². The van der Waals surface area contributed by atoms with E-state index < -0.39 is 17.9 Å². The zero-order valence-electron chi connectivity index (χ0n) is 13.1. The predicted molar refractivity (Wildman–Crippen MR) is 81.4 cm³/mol. The highest BCUT2D eigenvalue weighted by Crippen LogP contribution is 2.27. The summed E-state index contributed by atoms with van der Waals surface area (Å²) >= 11 is 1.52. The molecule has 21 heavy (non-hydrogen) atoms. The van der Waals surface area contributed by atoms with E-state index in [2.05, 4.69) is 5.32 Å². The maximum absolute atomic E-state index is 12.2. The van der Waals surface area contributed by atoms with Crippen LogP contribution in [0.25, 0.3) is 0 Å². The summed E-state index contributed by atoms with van der Waals surface area (Å²) in [6.45, 7) is 7.64. The SMILES string of the molecule is CSCC[C@@H](NC(=O)c1cc(C(C)(C)C)oc1C)C(=O)[O-]. The van der Waals surface area contributed by atoms with Gasteiger partial charge in [0.05, 0.1) is 17.6 Å². The lowest BCUT2D eigenvalue weighted by Crippen LogP contribution is -2.48. The number of amides is 1. The second kappa shape index (κ2) is 7.02. The number of thioether (sulfide) groups is 1. The van der Waals surface area contributed by atoms with Crippen LogP contribution < -0.4 is 10.4 Å². The van der Waals surface area contributed by atoms with Crippen molar-refractivity contribution < 1.29 is 19.1 Å². The molecule has 1 atom stereocenters. The highest BCUT2D eigenvalue weighted by molar-refractivity contribution is 7.98. The third-order valence-electron chi connectivity index (χ3n) is 3.10. The molecule has 6 heteroatoms. The molecule has 0 unspecified atom stereocenters. The molecular formula is C15H22NO4S-. The first-order valence-electron chi connectivity index (χ1n) is 6.78. The maximum Gasteiger partial charge on any atom is 0.255 e. The first kappa shape index (κ1) is 17.6. The highest BCUT2D eigenvalue weighted by atomic mass is 32.2. The van der Waals surface area contributed by atoms with E-state index in [1.807, 2.05) is 27.0 Å². The third-order valence-corrected chi connectivity index (χ3v) is 3.75. The predicted octanol–water partition coefficient (Wildman–Crippen LogP) is 1.49. The van der Waals surface area contributed by atoms with E-state index in [0.29, 0.717) is 29.3 Å². The van der Waals surface area contributed by atoms with Crippen molar-refractivity contribution in [3.8, 4) is 0 Å². The minimum absolute atomic E-state index is 0.212. The Balaban J connectivity index is 2.88. The molecule has 0 radical (unpaired) electrons. The number of nitrogens with one attached hydrogen (secondary N) is 1. The molecule has 1 rings (SSSR count). The van der Waals surface area contributed by atoms with Crippen LogP contribution >= 0.6 is 11.8 Å². The van der Waals surface area contributed by atoms with Gasteiger partial charge in [0.1, 0.15) is 11.5 Å². The van der Waals surface area contributed by atoms with E-state index in [1.54, 1.807) is 13.0 Å². The quantitative estimate of drug-likeness (QED) is 0.860. The smallest absolute Gasteiger partial charge is 0.255 e. The Kier molecular flexibility index (Phi) is 5.89. The van der Waals surface area contributed by atoms with Crippen LogP contribution in [0.4, 0.5) is 0 Å². The Morgan fingerprint density at radius 3 is 2.48 bits per heavy atom. The molecule has 1 N–H and O–H groups in total. The fourth-order valence-electron chi connectivity index (χ4n) is 1.80. The number of aliphatic carboxylic acids is 1. The number of carboxylic acid groups (broad SMARTS) is 1. The first-order chi connectivity index (χ1) is 9.66. The average Bonchev–Trinajstić information content (AvgIpc) is 2.76. The van der Waals surface area contributed by atoms with Crippen LogP contribution in [-0.2, 0) is 10.2 Å². The van der Waals surface area contributed by atoms with Crippen molar-refractivity contribution in [1.29, 1.82) is 0 Å². The largest absolute Gasteiger partial charge is 0.548 e. The monoisotopic (exact) mass is 312 g/mol. The molecular weight excluding hydrogens is 290 g/mol. The number of carbonyl (C=O) groups is 2. The van der Waals surface area contributed by atoms with Gasteiger partial charge in [0, 0.05) is 5.41 Å². The molecule has 0 aliphatic carbocycles. The molecule has 1 aromatic heterocycles. The van der Waals surface area contributed by atoms with E-state index in [1.165, 1.54) is 11.8 Å². The van der Waals surface area contributed by atoms with Crippen molar-refractivity contribution in [1.82, 2.24) is 5.32 Å². The van der Waals surface area contributed by atoms with Gasteiger partial charge in [-0.25, -0.2) is 0 Å². The van der Waals surface area contributed by atoms with E-state index >= 15 is 0 Å². The van der Waals surface area contributed by atoms with Crippen LogP contribution in [-0.4, -0.2) is 29.9 Å². The van der Waals surface area contributed by atoms with E-state index in [9.17, 15) is 14.7 Å². The van der Waals surface area contributed by atoms with Gasteiger partial charge in [0.15, 0.2) is 0 Å². The zero-order chi connectivity index (χ0) is 16.2. The second-order valence-electron chi connectivity index (χ2n) is 5.96. The molecule has 5 nitrogen and oxygen atoms in total. The number of furan rings is 1. The molecule has 0 aliphatic rings. The molecule has 0 spiro atoms. The summed E-state index contributed by atoms with van der Waals surface area (Å²) in [6, 6.07) is 0.684. The lowest BCUT2D eigenvalue weighted by Gasteiger charge is -2.19. The normalized spacial score (nSPS) is 13.0. The van der Waals surface area contributed by atoms with Crippen molar-refractivity contribution in [2.24, 2.45) is 0 Å². The van der Waals surface area contributed by atoms with Gasteiger partial charge in [-0.05, 0) is 31.4 Å². The topological polar surface area (TPSA) is 82.4 Å². The van der Waals surface area contributed by atoms with Gasteiger partial charge >= 0.3 is 0 Å². The number of aryl methyl sites for hydroxylation is 1. The number of hydrogen-bond acceptors (Lipinski definition) is 5. The van der Waals surface area contributed by atoms with E-state index in [0.717, 1.165) is 0 Å². The number of hydrogen-bond donors (Lipinski definition) is 1. The summed E-state index contributed by atoms with van der Waals surface area (Å²) in [5.41, 5.74) is 0.158. The summed E-state index contributed by atoms with van der Waals surface area (Å²) in [7, 11) is 0. The van der Waals surface area contributed by atoms with Crippen molar-refractivity contribution >= 4 is 23.6 Å². The molecule has 1 amide bonds. The van der Waals surface area contributed by atoms with Crippen LogP contribution in [0.2, 0.25) is 0 Å². The van der Waals surface area contributed by atoms with Crippen molar-refractivity contribution in [3.05, 3.63) is 23.2 Å². The lowest BCUT2D eigenvalue weighted by atomic mass is 9.93. The van der Waals surface area contributed by atoms with E-state index in [4.69, 9.17) is 4.42 Å². The third kappa shape index (κ3) is 4.81. The molecule has 0 fully saturated rings. The first-order valence-corrected chi connectivity index (χ1v) is 8.17. The average molecular weight is 312 g/mol. The Hall–Kier alpha value is -1.43. The molecule has 0 saturated heterocycles. The molecule has 0 saturated carbocycles. The number of carboxylic acids is 1. The van der Waals surface area contributed by atoms with Gasteiger partial charge in [-0.3, -0.25) is 4.79 Å². The minimum Gasteiger partial charge on any atom is -0.548 e. The Morgan fingerprint density at radius 2 is 2.05 bits per heavy atom. The van der Waals surface area contributed by atoms with Crippen molar-refractivity contribution in [3.63, 3.8) is 0 Å². The molecule has 118 valence electrons. The summed E-state index contributed by atoms with van der Waals surface area (Å²) in [5, 5.41) is 13.6. The van der Waals surface area contributed by atoms with Gasteiger partial charge in [0.25, 0.3) is 5.91 Å². The van der Waals surface area contributed by atoms with Crippen LogP contribution in [0.5, 0.6) is 0 Å². The molecule has 1 heterocycles. The van der Waals surface area contributed by atoms with Gasteiger partial charge in [-0.1, -0.05) is 20.8 Å². The van der Waals surface area contributed by atoms with Crippen molar-refractivity contribution in [2.75, 3.05) is 12.0 Å². The minimum atomic E-state index is -1.27. The van der Waals surface area contributed by atoms with Crippen molar-refractivity contribution in [2.45, 2.75) is 45.6 Å². The van der Waals surface area contributed by atoms with Gasteiger partial charge < -0.3 is 19.6 Å². The fourth-order valence-corrected chi connectivity index (χ4v) is 2.27. The summed E-state index contributed by atoms with van der Waals surface area (Å²) in [5.74, 6) is 0.103. The fraction of sp³-hybridized carbons (Fsp3) is 0.600. The van der Waals surface area contributed by atoms with Crippen LogP contribution in [0, 0.1) is 6.92 Å². The van der Waals surface area contributed by atoms with Crippen LogP contribution in [0.1, 0.15) is 49.1 Å². The van der Waals surface area contributed by atoms with Crippen LogP contribution in [0.3, 0.4) is 0 Å². The van der Waals surface area contributed by atoms with Gasteiger partial charge in [-0.2, -0.15) is 11.8 Å². The lowest BCUT2D eigenvalue weighted by molar-refractivity contribution is -0.308. The second-order valence-corrected chi connectivity index (χ2v) is 6.94. The zero-order valence-corrected chi connectivity index (χ0v) is 13.9. The number of carbonyl (C=O) groups excluding carboxylic acids is 2. The Morgan fingerprint density at radius 1 is 1.43 bits per heavy atom. The number of rotatable bonds is 6. The summed E-state index contributed by atoms with van der Waals surface area (Å²) < 4.78 is 5.60. The highest BCUT2D eigenvalue weighted by Gasteiger charge is 2.24. The molecule has 0 aliphatic heterocycles. The summed E-state index contributed by atoms with van der Waals surface area (Å²) in [6.07, 6.45) is 2.21. The van der Waals surface area contributed by atoms with E-state index in [-0.39, 0.29) is 5.41 Å². The van der Waals surface area contributed by atoms with Gasteiger partial charge in [-0.15, -0.1) is 0 Å². The Bertz CT molecular complexity index is 516. The molecule has 0 aromatic carbocycles. The standard InChI is InChI=1S/C15H23NO4S/c1-9-10(8-12(20-9)15(2,3)4)13(17)16-11(14(18)19)6-7-21-5/h8,11H,6-7H2,1-5H3,(H,16,17)(H,18,19)/p-1/t11-/m1/s1.